The molecule has 3 nitrogen and oxygen atoms in total. The molecule has 0 aromatic heterocycles. The summed E-state index contributed by atoms with van der Waals surface area (Å²) in [4.78, 5) is 11.7. The lowest BCUT2D eigenvalue weighted by atomic mass is 9.69. The van der Waals surface area contributed by atoms with Crippen molar-refractivity contribution < 1.29 is 4.79 Å². The number of carbonyl (C=O) groups excluding carboxylic acids is 1. The smallest absolute Gasteiger partial charge is 0.240 e. The van der Waals surface area contributed by atoms with Crippen molar-refractivity contribution in [1.29, 1.82) is 5.26 Å². The topological polar surface area (TPSA) is 52.9 Å². The molecule has 1 amide bonds. The summed E-state index contributed by atoms with van der Waals surface area (Å²) < 4.78 is 0. The van der Waals surface area contributed by atoms with Crippen LogP contribution in [-0.4, -0.2) is 24.5 Å². The van der Waals surface area contributed by atoms with Gasteiger partial charge in [-0.3, -0.25) is 4.79 Å². The Morgan fingerprint density at radius 2 is 2.19 bits per heavy atom. The van der Waals surface area contributed by atoms with Crippen LogP contribution < -0.4 is 5.32 Å². The first kappa shape index (κ1) is 13.4. The van der Waals surface area contributed by atoms with Crippen LogP contribution in [0.25, 0.3) is 0 Å². The van der Waals surface area contributed by atoms with Gasteiger partial charge in [0, 0.05) is 6.54 Å². The molecule has 1 aliphatic rings. The average Bonchev–Trinajstić information content (AvgIpc) is 2.22. The van der Waals surface area contributed by atoms with Crippen molar-refractivity contribution in [2.75, 3.05) is 18.6 Å². The minimum atomic E-state index is -0.681. The fourth-order valence-corrected chi connectivity index (χ4v) is 2.33. The zero-order valence-corrected chi connectivity index (χ0v) is 10.7. The number of hydrogen-bond donors (Lipinski definition) is 1. The number of nitriles is 1. The average molecular weight is 240 g/mol. The Morgan fingerprint density at radius 3 is 2.69 bits per heavy atom. The van der Waals surface area contributed by atoms with Crippen LogP contribution in [0.15, 0.2) is 0 Å². The van der Waals surface area contributed by atoms with Crippen LogP contribution in [0.1, 0.15) is 38.5 Å². The maximum atomic E-state index is 11.7. The van der Waals surface area contributed by atoms with E-state index in [1.807, 2.05) is 11.8 Å². The Bertz CT molecular complexity index is 269. The third kappa shape index (κ3) is 3.41. The second-order valence-electron chi connectivity index (χ2n) is 4.36. The third-order valence-electron chi connectivity index (χ3n) is 3.17. The molecule has 1 rings (SSSR count). The summed E-state index contributed by atoms with van der Waals surface area (Å²) in [6, 6.07) is 2.16. The van der Waals surface area contributed by atoms with E-state index in [-0.39, 0.29) is 5.91 Å². The molecule has 0 radical (unpaired) electrons. The zero-order chi connectivity index (χ0) is 11.9. The van der Waals surface area contributed by atoms with Gasteiger partial charge >= 0.3 is 0 Å². The quantitative estimate of drug-likeness (QED) is 0.695. The molecular formula is C12H20N2OS. The highest BCUT2D eigenvalue weighted by Crippen LogP contribution is 2.40. The first-order valence-electron chi connectivity index (χ1n) is 5.94. The Balaban J connectivity index is 2.09. The number of amides is 1. The monoisotopic (exact) mass is 240 g/mol. The molecule has 90 valence electrons. The largest absolute Gasteiger partial charge is 0.355 e. The first-order chi connectivity index (χ1) is 7.75. The third-order valence-corrected chi connectivity index (χ3v) is 3.86. The molecule has 0 aliphatic heterocycles. The van der Waals surface area contributed by atoms with Crippen molar-refractivity contribution in [1.82, 2.24) is 5.32 Å². The maximum Gasteiger partial charge on any atom is 0.240 e. The molecule has 0 aromatic rings. The minimum Gasteiger partial charge on any atom is -0.355 e. The van der Waals surface area contributed by atoms with Crippen molar-refractivity contribution in [3.8, 4) is 6.07 Å². The van der Waals surface area contributed by atoms with Crippen LogP contribution in [0.4, 0.5) is 0 Å². The van der Waals surface area contributed by atoms with Gasteiger partial charge in [0.15, 0.2) is 0 Å². The van der Waals surface area contributed by atoms with Gasteiger partial charge in [0.2, 0.25) is 5.91 Å². The molecule has 16 heavy (non-hydrogen) atoms. The number of rotatable bonds is 7. The van der Waals surface area contributed by atoms with Crippen LogP contribution in [0.5, 0.6) is 0 Å². The lowest BCUT2D eigenvalue weighted by molar-refractivity contribution is -0.131. The standard InChI is InChI=1S/C12H20N2OS/c1-16-9-4-2-3-8-14-11(15)12(10-13)6-5-7-12/h2-9H2,1H3,(H,14,15). The molecule has 0 saturated heterocycles. The molecule has 1 fully saturated rings. The second-order valence-corrected chi connectivity index (χ2v) is 5.34. The fourth-order valence-electron chi connectivity index (χ4n) is 1.84. The Hall–Kier alpha value is -0.690. The van der Waals surface area contributed by atoms with E-state index in [9.17, 15) is 4.79 Å². The van der Waals surface area contributed by atoms with Crippen molar-refractivity contribution in [3.63, 3.8) is 0 Å². The molecule has 1 saturated carbocycles. The van der Waals surface area contributed by atoms with E-state index in [1.165, 1.54) is 12.2 Å². The number of carbonyl (C=O) groups is 1. The van der Waals surface area contributed by atoms with Gasteiger partial charge in [-0.05, 0) is 44.1 Å². The van der Waals surface area contributed by atoms with Crippen LogP contribution >= 0.6 is 11.8 Å². The van der Waals surface area contributed by atoms with Gasteiger partial charge < -0.3 is 5.32 Å². The van der Waals surface area contributed by atoms with E-state index >= 15 is 0 Å². The second kappa shape index (κ2) is 6.80. The lowest BCUT2D eigenvalue weighted by Gasteiger charge is -2.33. The number of nitrogens with one attached hydrogen (secondary N) is 1. The molecule has 0 aromatic carbocycles. The lowest BCUT2D eigenvalue weighted by Crippen LogP contribution is -2.44. The van der Waals surface area contributed by atoms with E-state index in [4.69, 9.17) is 5.26 Å². The number of hydrogen-bond acceptors (Lipinski definition) is 3. The summed E-state index contributed by atoms with van der Waals surface area (Å²) in [7, 11) is 0. The van der Waals surface area contributed by atoms with Gasteiger partial charge in [0.25, 0.3) is 0 Å². The predicted molar refractivity (Wildman–Crippen MR) is 67.1 cm³/mol. The summed E-state index contributed by atoms with van der Waals surface area (Å²) in [5.41, 5.74) is -0.681. The summed E-state index contributed by atoms with van der Waals surface area (Å²) in [5.74, 6) is 1.14. The maximum absolute atomic E-state index is 11.7. The molecular weight excluding hydrogens is 220 g/mol. The highest BCUT2D eigenvalue weighted by molar-refractivity contribution is 7.98. The molecule has 0 heterocycles. The van der Waals surface area contributed by atoms with Crippen LogP contribution in [-0.2, 0) is 4.79 Å². The van der Waals surface area contributed by atoms with Gasteiger partial charge in [-0.1, -0.05) is 6.42 Å². The molecule has 0 spiro atoms. The number of thioether (sulfide) groups is 1. The summed E-state index contributed by atoms with van der Waals surface area (Å²) in [6.07, 6.45) is 7.97. The molecule has 0 bridgehead atoms. The molecule has 0 atom stereocenters. The summed E-state index contributed by atoms with van der Waals surface area (Å²) in [6.45, 7) is 0.719. The Labute approximate surface area is 102 Å². The van der Waals surface area contributed by atoms with Crippen molar-refractivity contribution in [3.05, 3.63) is 0 Å². The van der Waals surface area contributed by atoms with E-state index in [2.05, 4.69) is 17.6 Å². The van der Waals surface area contributed by atoms with E-state index in [0.29, 0.717) is 0 Å². The molecule has 0 unspecified atom stereocenters. The van der Waals surface area contributed by atoms with Gasteiger partial charge in [-0.25, -0.2) is 0 Å². The number of unbranched alkanes of at least 4 members (excludes halogenated alkanes) is 2. The van der Waals surface area contributed by atoms with Crippen LogP contribution in [0.2, 0.25) is 0 Å². The normalized spacial score (nSPS) is 17.2. The van der Waals surface area contributed by atoms with Crippen molar-refractivity contribution in [2.24, 2.45) is 5.41 Å². The first-order valence-corrected chi connectivity index (χ1v) is 7.33. The van der Waals surface area contributed by atoms with Crippen LogP contribution in [0, 0.1) is 16.7 Å². The fraction of sp³-hybridized carbons (Fsp3) is 0.833. The minimum absolute atomic E-state index is 0.0499. The Morgan fingerprint density at radius 1 is 1.44 bits per heavy atom. The van der Waals surface area contributed by atoms with Gasteiger partial charge in [0.1, 0.15) is 5.41 Å². The zero-order valence-electron chi connectivity index (χ0n) is 9.92. The van der Waals surface area contributed by atoms with Crippen molar-refractivity contribution >= 4 is 17.7 Å². The van der Waals surface area contributed by atoms with Crippen molar-refractivity contribution in [2.45, 2.75) is 38.5 Å². The van der Waals surface area contributed by atoms with E-state index in [0.717, 1.165) is 38.6 Å². The molecule has 4 heteroatoms. The van der Waals surface area contributed by atoms with E-state index in [1.54, 1.807) is 0 Å². The highest BCUT2D eigenvalue weighted by Gasteiger charge is 2.44. The molecule has 1 aliphatic carbocycles. The number of nitrogens with zero attached hydrogens (tertiary/aromatic N) is 1. The summed E-state index contributed by atoms with van der Waals surface area (Å²) >= 11 is 1.86. The van der Waals surface area contributed by atoms with Crippen LogP contribution in [0.3, 0.4) is 0 Å². The van der Waals surface area contributed by atoms with Gasteiger partial charge in [0.05, 0.1) is 6.07 Å². The molecule has 1 N–H and O–H groups in total. The Kier molecular flexibility index (Phi) is 5.68. The van der Waals surface area contributed by atoms with E-state index < -0.39 is 5.41 Å². The highest BCUT2D eigenvalue weighted by atomic mass is 32.2. The SMILES string of the molecule is CSCCCCCNC(=O)C1(C#N)CCC1. The predicted octanol–water partition coefficient (Wildman–Crippen LogP) is 2.33. The van der Waals surface area contributed by atoms with Gasteiger partial charge in [-0.2, -0.15) is 17.0 Å². The van der Waals surface area contributed by atoms with Gasteiger partial charge in [-0.15, -0.1) is 0 Å². The summed E-state index contributed by atoms with van der Waals surface area (Å²) in [5, 5.41) is 11.9.